The van der Waals surface area contributed by atoms with Crippen LogP contribution >= 0.6 is 11.6 Å². The molecule has 0 aliphatic rings. The number of benzene rings is 2. The second-order valence-corrected chi connectivity index (χ2v) is 5.74. The molecule has 0 fully saturated rings. The molecule has 0 saturated carbocycles. The van der Waals surface area contributed by atoms with E-state index in [2.05, 4.69) is 6.07 Å². The molecule has 6 heteroatoms. The van der Waals surface area contributed by atoms with Crippen LogP contribution < -0.4 is 4.74 Å². The summed E-state index contributed by atoms with van der Waals surface area (Å²) in [7, 11) is 0. The summed E-state index contributed by atoms with van der Waals surface area (Å²) in [5.41, 5.74) is 1.71. The molecular weight excluding hydrogens is 328 g/mol. The molecule has 0 spiro atoms. The molecule has 0 heterocycles. The maximum atomic E-state index is 10.7. The Morgan fingerprint density at radius 2 is 1.96 bits per heavy atom. The van der Waals surface area contributed by atoms with E-state index in [-0.39, 0.29) is 11.8 Å². The first-order valence-electron chi connectivity index (χ1n) is 7.23. The van der Waals surface area contributed by atoms with Gasteiger partial charge in [-0.25, -0.2) is 0 Å². The first-order chi connectivity index (χ1) is 11.4. The normalized spacial score (nSPS) is 11.2. The molecule has 0 aliphatic carbocycles. The Bertz CT molecular complexity index is 821. The van der Waals surface area contributed by atoms with Gasteiger partial charge in [0.2, 0.25) is 0 Å². The van der Waals surface area contributed by atoms with Gasteiger partial charge in [-0.05, 0) is 55.3 Å². The number of ether oxygens (including phenoxy) is 1. The van der Waals surface area contributed by atoms with Crippen LogP contribution in [-0.2, 0) is 0 Å². The molecule has 2 rings (SSSR count). The molecule has 122 valence electrons. The maximum absolute atomic E-state index is 10.7. The summed E-state index contributed by atoms with van der Waals surface area (Å²) in [5, 5.41) is 20.5. The maximum Gasteiger partial charge on any atom is 0.269 e. The lowest BCUT2D eigenvalue weighted by Gasteiger charge is -2.11. The average Bonchev–Trinajstić information content (AvgIpc) is 2.55. The minimum absolute atomic E-state index is 0.0127. The third-order valence-corrected chi connectivity index (χ3v) is 3.43. The molecule has 0 atom stereocenters. The van der Waals surface area contributed by atoms with Crippen molar-refractivity contribution in [1.82, 2.24) is 0 Å². The molecule has 0 amide bonds. The quantitative estimate of drug-likeness (QED) is 0.328. The molecule has 0 N–H and O–H groups in total. The lowest BCUT2D eigenvalue weighted by Crippen LogP contribution is -2.05. The van der Waals surface area contributed by atoms with Crippen molar-refractivity contribution in [2.24, 2.45) is 0 Å². The topological polar surface area (TPSA) is 76.2 Å². The first kappa shape index (κ1) is 17.5. The molecule has 2 aromatic carbocycles. The minimum Gasteiger partial charge on any atom is -0.489 e. The molecule has 0 aliphatic heterocycles. The van der Waals surface area contributed by atoms with Crippen LogP contribution in [0.2, 0.25) is 5.02 Å². The number of hydrogen-bond donors (Lipinski definition) is 0. The summed E-state index contributed by atoms with van der Waals surface area (Å²) in [6.07, 6.45) is 1.69. The van der Waals surface area contributed by atoms with Crippen molar-refractivity contribution >= 4 is 28.9 Å². The molecule has 2 aromatic rings. The number of nitro groups is 1. The number of nitro benzene ring substituents is 1. The highest BCUT2D eigenvalue weighted by molar-refractivity contribution is 6.32. The fraction of sp³-hybridized carbons (Fsp3) is 0.167. The lowest BCUT2D eigenvalue weighted by atomic mass is 10.0. The second kappa shape index (κ2) is 7.62. The summed E-state index contributed by atoms with van der Waals surface area (Å²) in [6.45, 7) is 3.82. The number of rotatable bonds is 5. The van der Waals surface area contributed by atoms with Crippen molar-refractivity contribution in [2.45, 2.75) is 20.0 Å². The van der Waals surface area contributed by atoms with Crippen LogP contribution in [0.1, 0.15) is 25.0 Å². The van der Waals surface area contributed by atoms with Crippen LogP contribution in [-0.4, -0.2) is 11.0 Å². The van der Waals surface area contributed by atoms with Gasteiger partial charge in [0, 0.05) is 12.1 Å². The summed E-state index contributed by atoms with van der Waals surface area (Å²) < 4.78 is 5.57. The molecule has 0 unspecified atom stereocenters. The smallest absolute Gasteiger partial charge is 0.269 e. The molecule has 0 aromatic heterocycles. The first-order valence-corrected chi connectivity index (χ1v) is 7.61. The molecule has 0 saturated heterocycles. The van der Waals surface area contributed by atoms with Crippen LogP contribution in [0, 0.1) is 21.4 Å². The summed E-state index contributed by atoms with van der Waals surface area (Å²) in [4.78, 5) is 10.2. The van der Waals surface area contributed by atoms with Gasteiger partial charge in [0.1, 0.15) is 5.75 Å². The Morgan fingerprint density at radius 1 is 1.29 bits per heavy atom. The van der Waals surface area contributed by atoms with Gasteiger partial charge >= 0.3 is 0 Å². The number of nitriles is 1. The van der Waals surface area contributed by atoms with E-state index in [0.717, 1.165) is 5.56 Å². The Labute approximate surface area is 144 Å². The zero-order valence-corrected chi connectivity index (χ0v) is 13.9. The van der Waals surface area contributed by atoms with Gasteiger partial charge < -0.3 is 4.74 Å². The van der Waals surface area contributed by atoms with Gasteiger partial charge in [-0.15, -0.1) is 0 Å². The van der Waals surface area contributed by atoms with Crippen molar-refractivity contribution in [3.63, 3.8) is 0 Å². The van der Waals surface area contributed by atoms with E-state index in [1.807, 2.05) is 13.8 Å². The largest absolute Gasteiger partial charge is 0.489 e. The molecular formula is C18H15ClN2O3. The van der Waals surface area contributed by atoms with E-state index in [0.29, 0.717) is 21.9 Å². The van der Waals surface area contributed by atoms with E-state index in [4.69, 9.17) is 16.3 Å². The van der Waals surface area contributed by atoms with E-state index in [9.17, 15) is 15.4 Å². The third kappa shape index (κ3) is 4.34. The van der Waals surface area contributed by atoms with E-state index < -0.39 is 4.92 Å². The van der Waals surface area contributed by atoms with Crippen molar-refractivity contribution in [3.8, 4) is 11.8 Å². The third-order valence-electron chi connectivity index (χ3n) is 3.14. The van der Waals surface area contributed by atoms with E-state index >= 15 is 0 Å². The lowest BCUT2D eigenvalue weighted by molar-refractivity contribution is -0.384. The summed E-state index contributed by atoms with van der Waals surface area (Å²) >= 11 is 6.19. The Kier molecular flexibility index (Phi) is 5.56. The highest BCUT2D eigenvalue weighted by atomic mass is 35.5. The summed E-state index contributed by atoms with van der Waals surface area (Å²) in [6, 6.07) is 13.2. The number of halogens is 1. The van der Waals surface area contributed by atoms with Crippen molar-refractivity contribution < 1.29 is 9.66 Å². The van der Waals surface area contributed by atoms with Gasteiger partial charge in [0.05, 0.1) is 27.7 Å². The molecule has 5 nitrogen and oxygen atoms in total. The molecule has 0 radical (unpaired) electrons. The van der Waals surface area contributed by atoms with Crippen molar-refractivity contribution in [2.75, 3.05) is 0 Å². The van der Waals surface area contributed by atoms with Crippen LogP contribution in [0.15, 0.2) is 42.5 Å². The van der Waals surface area contributed by atoms with Gasteiger partial charge in [-0.2, -0.15) is 5.26 Å². The van der Waals surface area contributed by atoms with Crippen molar-refractivity contribution in [3.05, 3.63) is 68.7 Å². The summed E-state index contributed by atoms with van der Waals surface area (Å²) in [5.74, 6) is 0.581. The fourth-order valence-electron chi connectivity index (χ4n) is 2.07. The molecule has 24 heavy (non-hydrogen) atoms. The van der Waals surface area contributed by atoms with Crippen LogP contribution in [0.4, 0.5) is 5.69 Å². The zero-order chi connectivity index (χ0) is 17.7. The fourth-order valence-corrected chi connectivity index (χ4v) is 2.30. The minimum atomic E-state index is -0.479. The SMILES string of the molecule is CC(C)Oc1ccc(/C=C(/C#N)c2ccc([N+](=O)[O-])cc2)cc1Cl. The number of allylic oxidation sites excluding steroid dienone is 1. The van der Waals surface area contributed by atoms with Gasteiger partial charge in [-0.3, -0.25) is 10.1 Å². The highest BCUT2D eigenvalue weighted by Crippen LogP contribution is 2.28. The number of hydrogen-bond acceptors (Lipinski definition) is 4. The highest BCUT2D eigenvalue weighted by Gasteiger charge is 2.08. The monoisotopic (exact) mass is 342 g/mol. The Morgan fingerprint density at radius 3 is 2.46 bits per heavy atom. The zero-order valence-electron chi connectivity index (χ0n) is 13.2. The predicted molar refractivity (Wildman–Crippen MR) is 93.8 cm³/mol. The number of non-ortho nitro benzene ring substituents is 1. The Hall–Kier alpha value is -2.84. The van der Waals surface area contributed by atoms with E-state index in [1.165, 1.54) is 12.1 Å². The van der Waals surface area contributed by atoms with Crippen LogP contribution in [0.3, 0.4) is 0 Å². The van der Waals surface area contributed by atoms with Crippen LogP contribution in [0.25, 0.3) is 11.6 Å². The van der Waals surface area contributed by atoms with Gasteiger partial charge in [0.25, 0.3) is 5.69 Å². The Balaban J connectivity index is 2.32. The second-order valence-electron chi connectivity index (χ2n) is 5.33. The molecule has 0 bridgehead atoms. The predicted octanol–water partition coefficient (Wildman–Crippen LogP) is 5.10. The van der Waals surface area contributed by atoms with Gasteiger partial charge in [-0.1, -0.05) is 17.7 Å². The standard InChI is InChI=1S/C18H15ClN2O3/c1-12(2)24-18-8-3-13(10-17(18)19)9-15(11-20)14-4-6-16(7-5-14)21(22)23/h3-10,12H,1-2H3/b15-9-. The van der Waals surface area contributed by atoms with Gasteiger partial charge in [0.15, 0.2) is 0 Å². The van der Waals surface area contributed by atoms with Crippen LogP contribution in [0.5, 0.6) is 5.75 Å². The van der Waals surface area contributed by atoms with E-state index in [1.54, 1.807) is 36.4 Å². The average molecular weight is 343 g/mol. The van der Waals surface area contributed by atoms with Crippen molar-refractivity contribution in [1.29, 1.82) is 5.26 Å². The number of nitrogens with zero attached hydrogens (tertiary/aromatic N) is 2.